The van der Waals surface area contributed by atoms with Crippen molar-refractivity contribution < 1.29 is 4.74 Å². The second kappa shape index (κ2) is 7.23. The highest BCUT2D eigenvalue weighted by Crippen LogP contribution is 2.28. The molecule has 2 heterocycles. The maximum absolute atomic E-state index is 5.43. The van der Waals surface area contributed by atoms with Gasteiger partial charge in [0.25, 0.3) is 0 Å². The summed E-state index contributed by atoms with van der Waals surface area (Å²) in [4.78, 5) is 6.77. The predicted octanol–water partition coefficient (Wildman–Crippen LogP) is 2.27. The average molecular weight is 314 g/mol. The SMILES string of the molecule is CC(C)Nc1nncc(Nc2ccccc2N2CCOCC2)n1. The molecule has 2 N–H and O–H groups in total. The highest BCUT2D eigenvalue weighted by molar-refractivity contribution is 5.74. The monoisotopic (exact) mass is 314 g/mol. The molecule has 1 aromatic carbocycles. The molecule has 0 radical (unpaired) electrons. The fourth-order valence-corrected chi connectivity index (χ4v) is 2.48. The average Bonchev–Trinajstić information content (AvgIpc) is 2.56. The van der Waals surface area contributed by atoms with Crippen molar-refractivity contribution in [3.8, 4) is 0 Å². The molecule has 1 aliphatic heterocycles. The lowest BCUT2D eigenvalue weighted by molar-refractivity contribution is 0.123. The zero-order valence-electron chi connectivity index (χ0n) is 13.5. The molecule has 1 fully saturated rings. The van der Waals surface area contributed by atoms with Crippen LogP contribution >= 0.6 is 0 Å². The van der Waals surface area contributed by atoms with Crippen LogP contribution in [0.5, 0.6) is 0 Å². The topological polar surface area (TPSA) is 75.2 Å². The Morgan fingerprint density at radius 2 is 1.96 bits per heavy atom. The van der Waals surface area contributed by atoms with Gasteiger partial charge in [0.05, 0.1) is 30.8 Å². The van der Waals surface area contributed by atoms with E-state index in [1.54, 1.807) is 6.20 Å². The highest BCUT2D eigenvalue weighted by atomic mass is 16.5. The first kappa shape index (κ1) is 15.5. The van der Waals surface area contributed by atoms with Crippen molar-refractivity contribution in [3.63, 3.8) is 0 Å². The van der Waals surface area contributed by atoms with E-state index in [1.165, 1.54) is 0 Å². The smallest absolute Gasteiger partial charge is 0.244 e. The van der Waals surface area contributed by atoms with Crippen LogP contribution in [0.3, 0.4) is 0 Å². The number of morpholine rings is 1. The van der Waals surface area contributed by atoms with Gasteiger partial charge in [-0.1, -0.05) is 12.1 Å². The molecule has 7 nitrogen and oxygen atoms in total. The van der Waals surface area contributed by atoms with Gasteiger partial charge in [0.2, 0.25) is 5.95 Å². The van der Waals surface area contributed by atoms with E-state index in [2.05, 4.69) is 36.8 Å². The van der Waals surface area contributed by atoms with Gasteiger partial charge in [0.1, 0.15) is 0 Å². The molecule has 0 amide bonds. The summed E-state index contributed by atoms with van der Waals surface area (Å²) in [6.45, 7) is 7.37. The molecule has 122 valence electrons. The van der Waals surface area contributed by atoms with Crippen LogP contribution in [0.25, 0.3) is 0 Å². The number of hydrogen-bond donors (Lipinski definition) is 2. The van der Waals surface area contributed by atoms with Crippen molar-refractivity contribution >= 4 is 23.1 Å². The van der Waals surface area contributed by atoms with Crippen LogP contribution in [0.4, 0.5) is 23.1 Å². The van der Waals surface area contributed by atoms with E-state index in [9.17, 15) is 0 Å². The maximum atomic E-state index is 5.43. The molecular weight excluding hydrogens is 292 g/mol. The third-order valence-corrected chi connectivity index (χ3v) is 3.50. The van der Waals surface area contributed by atoms with Crippen molar-refractivity contribution in [2.75, 3.05) is 41.8 Å². The Kier molecular flexibility index (Phi) is 4.87. The first-order chi connectivity index (χ1) is 11.2. The summed E-state index contributed by atoms with van der Waals surface area (Å²) in [7, 11) is 0. The third-order valence-electron chi connectivity index (χ3n) is 3.50. The fraction of sp³-hybridized carbons (Fsp3) is 0.438. The number of nitrogens with zero attached hydrogens (tertiary/aromatic N) is 4. The summed E-state index contributed by atoms with van der Waals surface area (Å²) in [6, 6.07) is 8.46. The van der Waals surface area contributed by atoms with E-state index in [-0.39, 0.29) is 6.04 Å². The van der Waals surface area contributed by atoms with Crippen molar-refractivity contribution in [3.05, 3.63) is 30.5 Å². The Labute approximate surface area is 136 Å². The van der Waals surface area contributed by atoms with Crippen LogP contribution in [0.2, 0.25) is 0 Å². The van der Waals surface area contributed by atoms with Crippen LogP contribution in [0.1, 0.15) is 13.8 Å². The fourth-order valence-electron chi connectivity index (χ4n) is 2.48. The molecule has 0 saturated carbocycles. The normalized spacial score (nSPS) is 14.8. The van der Waals surface area contributed by atoms with Gasteiger partial charge in [-0.25, -0.2) is 0 Å². The van der Waals surface area contributed by atoms with Crippen molar-refractivity contribution in [1.29, 1.82) is 0 Å². The van der Waals surface area contributed by atoms with E-state index in [0.717, 1.165) is 37.7 Å². The van der Waals surface area contributed by atoms with Gasteiger partial charge in [-0.05, 0) is 26.0 Å². The Bertz CT molecular complexity index is 642. The molecule has 0 aliphatic carbocycles. The zero-order valence-corrected chi connectivity index (χ0v) is 13.5. The molecule has 1 saturated heterocycles. The number of nitrogens with one attached hydrogen (secondary N) is 2. The van der Waals surface area contributed by atoms with Crippen molar-refractivity contribution in [2.24, 2.45) is 0 Å². The number of hydrogen-bond acceptors (Lipinski definition) is 7. The third kappa shape index (κ3) is 4.07. The van der Waals surface area contributed by atoms with Crippen LogP contribution in [0, 0.1) is 0 Å². The molecule has 1 aliphatic rings. The number of anilines is 4. The van der Waals surface area contributed by atoms with Gasteiger partial charge >= 0.3 is 0 Å². The van der Waals surface area contributed by atoms with Crippen LogP contribution in [0.15, 0.2) is 30.5 Å². The molecule has 3 rings (SSSR count). The van der Waals surface area contributed by atoms with Gasteiger partial charge in [0.15, 0.2) is 5.82 Å². The minimum atomic E-state index is 0.257. The molecule has 2 aromatic rings. The molecule has 0 spiro atoms. The largest absolute Gasteiger partial charge is 0.378 e. The summed E-state index contributed by atoms with van der Waals surface area (Å²) in [5.41, 5.74) is 2.15. The van der Waals surface area contributed by atoms with E-state index in [0.29, 0.717) is 11.8 Å². The first-order valence-corrected chi connectivity index (χ1v) is 7.87. The second-order valence-corrected chi connectivity index (χ2v) is 5.71. The summed E-state index contributed by atoms with van der Waals surface area (Å²) >= 11 is 0. The second-order valence-electron chi connectivity index (χ2n) is 5.71. The zero-order chi connectivity index (χ0) is 16.1. The Hall–Kier alpha value is -2.41. The summed E-state index contributed by atoms with van der Waals surface area (Å²) in [5.74, 6) is 1.19. The van der Waals surface area contributed by atoms with Crippen molar-refractivity contribution in [2.45, 2.75) is 19.9 Å². The molecule has 7 heteroatoms. The number of aromatic nitrogens is 3. The minimum absolute atomic E-state index is 0.257. The van der Waals surface area contributed by atoms with Crippen LogP contribution in [-0.4, -0.2) is 47.5 Å². The lowest BCUT2D eigenvalue weighted by Gasteiger charge is -2.30. The van der Waals surface area contributed by atoms with Gasteiger partial charge in [-0.3, -0.25) is 0 Å². The Morgan fingerprint density at radius 1 is 1.17 bits per heavy atom. The number of rotatable bonds is 5. The summed E-state index contributed by atoms with van der Waals surface area (Å²) in [6.07, 6.45) is 1.63. The van der Waals surface area contributed by atoms with Gasteiger partial charge in [-0.15, -0.1) is 5.10 Å². The van der Waals surface area contributed by atoms with E-state index < -0.39 is 0 Å². The predicted molar refractivity (Wildman–Crippen MR) is 91.3 cm³/mol. The first-order valence-electron chi connectivity index (χ1n) is 7.87. The van der Waals surface area contributed by atoms with Crippen LogP contribution < -0.4 is 15.5 Å². The number of benzene rings is 1. The van der Waals surface area contributed by atoms with Gasteiger partial charge in [0, 0.05) is 19.1 Å². The van der Waals surface area contributed by atoms with Crippen molar-refractivity contribution in [1.82, 2.24) is 15.2 Å². The lowest BCUT2D eigenvalue weighted by Crippen LogP contribution is -2.36. The molecule has 0 atom stereocenters. The van der Waals surface area contributed by atoms with Gasteiger partial charge < -0.3 is 20.3 Å². The lowest BCUT2D eigenvalue weighted by atomic mass is 10.2. The summed E-state index contributed by atoms with van der Waals surface area (Å²) in [5, 5.41) is 14.5. The quantitative estimate of drug-likeness (QED) is 0.877. The molecule has 23 heavy (non-hydrogen) atoms. The minimum Gasteiger partial charge on any atom is -0.378 e. The maximum Gasteiger partial charge on any atom is 0.244 e. The molecule has 0 unspecified atom stereocenters. The standard InChI is InChI=1S/C16H22N6O/c1-12(2)18-16-20-15(11-17-21-16)19-13-5-3-4-6-14(13)22-7-9-23-10-8-22/h3-6,11-12H,7-10H2,1-2H3,(H2,18,19,20,21). The molecular formula is C16H22N6O. The van der Waals surface area contributed by atoms with E-state index >= 15 is 0 Å². The molecule has 0 bridgehead atoms. The van der Waals surface area contributed by atoms with Gasteiger partial charge in [-0.2, -0.15) is 10.1 Å². The Morgan fingerprint density at radius 3 is 2.74 bits per heavy atom. The number of ether oxygens (including phenoxy) is 1. The Balaban J connectivity index is 1.80. The number of para-hydroxylation sites is 2. The molecule has 1 aromatic heterocycles. The van der Waals surface area contributed by atoms with E-state index in [1.807, 2.05) is 32.0 Å². The highest BCUT2D eigenvalue weighted by Gasteiger charge is 2.15. The summed E-state index contributed by atoms with van der Waals surface area (Å²) < 4.78 is 5.43. The van der Waals surface area contributed by atoms with E-state index in [4.69, 9.17) is 4.74 Å². The van der Waals surface area contributed by atoms with Crippen LogP contribution in [-0.2, 0) is 4.74 Å².